The smallest absolute Gasteiger partial charge is 0.160 e. The Hall–Kier alpha value is -2.06. The van der Waals surface area contributed by atoms with Crippen LogP contribution in [0.4, 0.5) is 0 Å². The van der Waals surface area contributed by atoms with Gasteiger partial charge in [0.15, 0.2) is 5.76 Å². The summed E-state index contributed by atoms with van der Waals surface area (Å²) in [5.41, 5.74) is 3.51. The number of nitriles is 1. The van der Waals surface area contributed by atoms with Crippen LogP contribution in [0.3, 0.4) is 0 Å². The maximum absolute atomic E-state index is 10.7. The molecule has 1 aromatic carbocycles. The standard InChI is InChI=1S/C19H22BrN3O/c1-6-15-16(20)17(23(5)22-15)18(24)14(11-21)12-7-9-13(10-8-12)19(2,3)4/h7-10,24H,6H2,1-5H3. The van der Waals surface area contributed by atoms with Crippen LogP contribution in [-0.2, 0) is 18.9 Å². The molecule has 0 amide bonds. The molecule has 0 spiro atoms. The van der Waals surface area contributed by atoms with Gasteiger partial charge in [0.2, 0.25) is 0 Å². The minimum Gasteiger partial charge on any atom is -0.504 e. The van der Waals surface area contributed by atoms with Crippen molar-refractivity contribution in [2.24, 2.45) is 7.05 Å². The van der Waals surface area contributed by atoms with Crippen LogP contribution in [0.1, 0.15) is 50.2 Å². The second-order valence-corrected chi connectivity index (χ2v) is 7.54. The van der Waals surface area contributed by atoms with Gasteiger partial charge >= 0.3 is 0 Å². The Morgan fingerprint density at radius 3 is 2.29 bits per heavy atom. The number of benzene rings is 1. The molecule has 2 rings (SSSR count). The summed E-state index contributed by atoms with van der Waals surface area (Å²) >= 11 is 3.48. The van der Waals surface area contributed by atoms with Gasteiger partial charge in [-0.05, 0) is 38.9 Å². The molecular formula is C19H22BrN3O. The molecule has 4 nitrogen and oxygen atoms in total. The van der Waals surface area contributed by atoms with Crippen molar-refractivity contribution >= 4 is 27.3 Å². The first-order valence-electron chi connectivity index (χ1n) is 7.86. The first-order valence-corrected chi connectivity index (χ1v) is 8.66. The molecule has 0 saturated carbocycles. The molecule has 1 heterocycles. The minimum atomic E-state index is -0.0671. The third-order valence-corrected chi connectivity index (χ3v) is 4.84. The average molecular weight is 388 g/mol. The number of hydrogen-bond donors (Lipinski definition) is 1. The molecule has 1 N–H and O–H groups in total. The Morgan fingerprint density at radius 1 is 1.29 bits per heavy atom. The molecule has 1 aromatic heterocycles. The quantitative estimate of drug-likeness (QED) is 0.595. The van der Waals surface area contributed by atoms with Crippen molar-refractivity contribution in [2.45, 2.75) is 39.5 Å². The number of rotatable bonds is 3. The van der Waals surface area contributed by atoms with Gasteiger partial charge in [-0.15, -0.1) is 0 Å². The van der Waals surface area contributed by atoms with Crippen molar-refractivity contribution in [2.75, 3.05) is 0 Å². The van der Waals surface area contributed by atoms with Crippen LogP contribution in [-0.4, -0.2) is 14.9 Å². The third-order valence-electron chi connectivity index (χ3n) is 4.00. The van der Waals surface area contributed by atoms with Crippen LogP contribution in [0.15, 0.2) is 28.7 Å². The summed E-state index contributed by atoms with van der Waals surface area (Å²) in [5, 5.41) is 24.6. The van der Waals surface area contributed by atoms with E-state index in [0.717, 1.165) is 16.6 Å². The topological polar surface area (TPSA) is 61.8 Å². The summed E-state index contributed by atoms with van der Waals surface area (Å²) in [5.74, 6) is -0.0671. The Bertz CT molecular complexity index is 818. The van der Waals surface area contributed by atoms with Crippen molar-refractivity contribution in [3.05, 3.63) is 51.3 Å². The normalized spacial score (nSPS) is 12.7. The zero-order valence-electron chi connectivity index (χ0n) is 14.7. The van der Waals surface area contributed by atoms with Crippen LogP contribution in [0.2, 0.25) is 0 Å². The minimum absolute atomic E-state index is 0.0399. The summed E-state index contributed by atoms with van der Waals surface area (Å²) in [6.45, 7) is 8.41. The maximum Gasteiger partial charge on any atom is 0.160 e. The molecule has 2 aromatic rings. The van der Waals surface area contributed by atoms with E-state index < -0.39 is 0 Å². The van der Waals surface area contributed by atoms with Crippen LogP contribution >= 0.6 is 15.9 Å². The van der Waals surface area contributed by atoms with Gasteiger partial charge in [0, 0.05) is 7.05 Å². The van der Waals surface area contributed by atoms with E-state index in [1.54, 1.807) is 11.7 Å². The first kappa shape index (κ1) is 18.3. The number of aliphatic hydroxyl groups is 1. The molecule has 0 radical (unpaired) electrons. The first-order chi connectivity index (χ1) is 11.2. The number of aryl methyl sites for hydroxylation is 2. The summed E-state index contributed by atoms with van der Waals surface area (Å²) in [4.78, 5) is 0. The van der Waals surface area contributed by atoms with Crippen molar-refractivity contribution in [1.82, 2.24) is 9.78 Å². The number of allylic oxidation sites excluding steroid dienone is 1. The lowest BCUT2D eigenvalue weighted by atomic mass is 9.86. The maximum atomic E-state index is 10.7. The van der Waals surface area contributed by atoms with E-state index in [9.17, 15) is 10.4 Å². The van der Waals surface area contributed by atoms with Crippen molar-refractivity contribution in [3.63, 3.8) is 0 Å². The monoisotopic (exact) mass is 387 g/mol. The lowest BCUT2D eigenvalue weighted by molar-refractivity contribution is 0.503. The summed E-state index contributed by atoms with van der Waals surface area (Å²) in [6, 6.07) is 9.87. The zero-order chi connectivity index (χ0) is 18.1. The van der Waals surface area contributed by atoms with E-state index in [2.05, 4.69) is 47.9 Å². The van der Waals surface area contributed by atoms with E-state index in [4.69, 9.17) is 0 Å². The van der Waals surface area contributed by atoms with Crippen LogP contribution in [0.5, 0.6) is 0 Å². The van der Waals surface area contributed by atoms with E-state index in [1.165, 1.54) is 5.56 Å². The van der Waals surface area contributed by atoms with Gasteiger partial charge < -0.3 is 5.11 Å². The molecule has 5 heteroatoms. The fourth-order valence-electron chi connectivity index (χ4n) is 2.55. The molecule has 0 saturated heterocycles. The molecular weight excluding hydrogens is 366 g/mol. The predicted octanol–water partition coefficient (Wildman–Crippen LogP) is 4.99. The summed E-state index contributed by atoms with van der Waals surface area (Å²) in [7, 11) is 1.76. The second kappa shape index (κ2) is 6.82. The fourth-order valence-corrected chi connectivity index (χ4v) is 3.35. The predicted molar refractivity (Wildman–Crippen MR) is 100 cm³/mol. The van der Waals surface area contributed by atoms with E-state index in [0.29, 0.717) is 11.3 Å². The zero-order valence-corrected chi connectivity index (χ0v) is 16.3. The highest BCUT2D eigenvalue weighted by Gasteiger charge is 2.21. The van der Waals surface area contributed by atoms with Crippen LogP contribution < -0.4 is 0 Å². The number of aromatic nitrogens is 2. The SMILES string of the molecule is CCc1nn(C)c(C(O)=C(C#N)c2ccc(C(C)(C)C)cc2)c1Br. The Labute approximate surface area is 151 Å². The van der Waals surface area contributed by atoms with Gasteiger partial charge in [0.05, 0.1) is 10.2 Å². The van der Waals surface area contributed by atoms with Crippen molar-refractivity contribution < 1.29 is 5.11 Å². The number of nitrogens with zero attached hydrogens (tertiary/aromatic N) is 3. The molecule has 126 valence electrons. The van der Waals surface area contributed by atoms with E-state index in [1.807, 2.05) is 31.2 Å². The summed E-state index contributed by atoms with van der Waals surface area (Å²) in [6.07, 6.45) is 0.740. The average Bonchev–Trinajstić information content (AvgIpc) is 2.81. The molecule has 0 unspecified atom stereocenters. The molecule has 0 aliphatic rings. The molecule has 24 heavy (non-hydrogen) atoms. The van der Waals surface area contributed by atoms with Gasteiger partial charge in [-0.1, -0.05) is 52.0 Å². The van der Waals surface area contributed by atoms with Gasteiger partial charge in [0.1, 0.15) is 17.3 Å². The van der Waals surface area contributed by atoms with Gasteiger partial charge in [-0.25, -0.2) is 0 Å². The van der Waals surface area contributed by atoms with Crippen LogP contribution in [0.25, 0.3) is 11.3 Å². The number of halogens is 1. The second-order valence-electron chi connectivity index (χ2n) is 6.75. The highest BCUT2D eigenvalue weighted by molar-refractivity contribution is 9.10. The highest BCUT2D eigenvalue weighted by Crippen LogP contribution is 2.32. The van der Waals surface area contributed by atoms with Crippen LogP contribution in [0, 0.1) is 11.3 Å². The largest absolute Gasteiger partial charge is 0.504 e. The van der Waals surface area contributed by atoms with E-state index >= 15 is 0 Å². The number of hydrogen-bond acceptors (Lipinski definition) is 3. The molecule has 0 aliphatic heterocycles. The Balaban J connectivity index is 2.56. The van der Waals surface area contributed by atoms with Crippen molar-refractivity contribution in [3.8, 4) is 6.07 Å². The van der Waals surface area contributed by atoms with Gasteiger partial charge in [-0.2, -0.15) is 10.4 Å². The Kier molecular flexibility index (Phi) is 5.19. The molecule has 0 fully saturated rings. The lowest BCUT2D eigenvalue weighted by Gasteiger charge is -2.19. The highest BCUT2D eigenvalue weighted by atomic mass is 79.9. The van der Waals surface area contributed by atoms with Gasteiger partial charge in [-0.3, -0.25) is 4.68 Å². The molecule has 0 bridgehead atoms. The van der Waals surface area contributed by atoms with E-state index in [-0.39, 0.29) is 16.7 Å². The fraction of sp³-hybridized carbons (Fsp3) is 0.368. The molecule has 0 atom stereocenters. The van der Waals surface area contributed by atoms with Crippen molar-refractivity contribution in [1.29, 1.82) is 5.26 Å². The Morgan fingerprint density at radius 2 is 1.88 bits per heavy atom. The van der Waals surface area contributed by atoms with Gasteiger partial charge in [0.25, 0.3) is 0 Å². The third kappa shape index (κ3) is 3.39. The summed E-state index contributed by atoms with van der Waals surface area (Å²) < 4.78 is 2.32. The molecule has 0 aliphatic carbocycles. The number of aliphatic hydroxyl groups excluding tert-OH is 1. The lowest BCUT2D eigenvalue weighted by Crippen LogP contribution is -2.10.